The number of hydrogen-bond donors (Lipinski definition) is 2. The summed E-state index contributed by atoms with van der Waals surface area (Å²) < 4.78 is 55.3. The number of rotatable bonds is 10. The number of nitrogens with one attached hydrogen (secondary N) is 1. The molecule has 1 aromatic heterocycles. The fourth-order valence-corrected chi connectivity index (χ4v) is 4.46. The summed E-state index contributed by atoms with van der Waals surface area (Å²) in [6.07, 6.45) is 1.25. The normalized spacial score (nSPS) is 12.1. The molecule has 1 atom stereocenters. The van der Waals surface area contributed by atoms with Gasteiger partial charge in [-0.2, -0.15) is 14.0 Å². The van der Waals surface area contributed by atoms with E-state index in [2.05, 4.69) is 15.0 Å². The molecule has 0 bridgehead atoms. The first-order valence-corrected chi connectivity index (χ1v) is 10.6. The van der Waals surface area contributed by atoms with Crippen LogP contribution in [0, 0.1) is 11.3 Å². The maximum atomic E-state index is 12.8. The van der Waals surface area contributed by atoms with Gasteiger partial charge in [0.25, 0.3) is 5.91 Å². The number of pyridine rings is 1. The number of primary amides is 1. The van der Waals surface area contributed by atoms with E-state index in [0.29, 0.717) is 0 Å². The van der Waals surface area contributed by atoms with Crippen molar-refractivity contribution >= 4 is 21.7 Å². The third kappa shape index (κ3) is 6.71. The highest BCUT2D eigenvalue weighted by Crippen LogP contribution is 2.26. The van der Waals surface area contributed by atoms with E-state index in [1.165, 1.54) is 42.6 Å². The van der Waals surface area contributed by atoms with E-state index in [1.54, 1.807) is 6.07 Å². The molecule has 0 saturated carbocycles. The Hall–Kier alpha value is -3.59. The molecule has 2 rings (SSSR count). The van der Waals surface area contributed by atoms with Crippen LogP contribution in [0.3, 0.4) is 0 Å². The number of ether oxygens (including phenoxy) is 1. The number of amides is 2. The van der Waals surface area contributed by atoms with Gasteiger partial charge in [0.15, 0.2) is 9.84 Å². The second-order valence-corrected chi connectivity index (χ2v) is 8.38. The quantitative estimate of drug-likeness (QED) is 0.512. The molecule has 1 heterocycles. The Labute approximate surface area is 176 Å². The summed E-state index contributed by atoms with van der Waals surface area (Å²) in [7, 11) is -4.11. The fourth-order valence-electron chi connectivity index (χ4n) is 2.82. The number of hydrogen-bond acceptors (Lipinski definition) is 7. The fraction of sp³-hybridized carbons (Fsp3) is 0.263. The van der Waals surface area contributed by atoms with Gasteiger partial charge in [-0.1, -0.05) is 18.2 Å². The van der Waals surface area contributed by atoms with Crippen molar-refractivity contribution in [1.82, 2.24) is 10.3 Å². The van der Waals surface area contributed by atoms with Crippen molar-refractivity contribution in [3.63, 3.8) is 0 Å². The molecular formula is C19H18F2N4O5S. The van der Waals surface area contributed by atoms with E-state index in [1.807, 2.05) is 0 Å². The van der Waals surface area contributed by atoms with Crippen LogP contribution in [0.2, 0.25) is 0 Å². The van der Waals surface area contributed by atoms with Gasteiger partial charge in [0, 0.05) is 11.8 Å². The van der Waals surface area contributed by atoms with E-state index in [0.717, 1.165) is 0 Å². The Morgan fingerprint density at radius 2 is 1.94 bits per heavy atom. The minimum Gasteiger partial charge on any atom is -0.435 e. The highest BCUT2D eigenvalue weighted by Gasteiger charge is 2.32. The van der Waals surface area contributed by atoms with Crippen molar-refractivity contribution in [2.24, 2.45) is 5.73 Å². The molecule has 164 valence electrons. The maximum absolute atomic E-state index is 12.8. The zero-order valence-electron chi connectivity index (χ0n) is 16.0. The molecule has 0 aliphatic heterocycles. The highest BCUT2D eigenvalue weighted by atomic mass is 32.2. The van der Waals surface area contributed by atoms with E-state index >= 15 is 0 Å². The Bertz CT molecular complexity index is 1100. The molecule has 0 aliphatic rings. The average molecular weight is 452 g/mol. The second-order valence-electron chi connectivity index (χ2n) is 6.27. The van der Waals surface area contributed by atoms with Gasteiger partial charge in [-0.3, -0.25) is 14.6 Å². The molecule has 0 aliphatic carbocycles. The second kappa shape index (κ2) is 10.4. The van der Waals surface area contributed by atoms with Crippen LogP contribution in [0.4, 0.5) is 8.78 Å². The summed E-state index contributed by atoms with van der Waals surface area (Å²) in [5.41, 5.74) is 4.94. The van der Waals surface area contributed by atoms with Crippen molar-refractivity contribution in [1.29, 1.82) is 5.26 Å². The maximum Gasteiger partial charge on any atom is 0.387 e. The Kier molecular flexibility index (Phi) is 7.98. The number of benzene rings is 1. The zero-order chi connectivity index (χ0) is 23.0. The first kappa shape index (κ1) is 23.7. The van der Waals surface area contributed by atoms with Crippen molar-refractivity contribution in [2.75, 3.05) is 12.3 Å². The molecule has 0 spiro atoms. The van der Waals surface area contributed by atoms with Crippen LogP contribution in [0.1, 0.15) is 27.5 Å². The monoisotopic (exact) mass is 452 g/mol. The number of para-hydroxylation sites is 1. The SMILES string of the molecule is N#CCNC(=O)[C@H](CS(=O)(=O)Cc1ccccc1OC(F)F)c1ncccc1C(N)=O. The summed E-state index contributed by atoms with van der Waals surface area (Å²) in [6, 6.07) is 9.71. The number of nitriles is 1. The lowest BCUT2D eigenvalue weighted by Crippen LogP contribution is -2.35. The van der Waals surface area contributed by atoms with Crippen LogP contribution in [0.15, 0.2) is 42.6 Å². The molecule has 3 N–H and O–H groups in total. The van der Waals surface area contributed by atoms with Gasteiger partial charge in [-0.05, 0) is 18.2 Å². The third-order valence-corrected chi connectivity index (χ3v) is 5.67. The molecule has 2 aromatic rings. The number of carbonyl (C=O) groups excluding carboxylic acids is 2. The van der Waals surface area contributed by atoms with E-state index in [-0.39, 0.29) is 22.6 Å². The molecular weight excluding hydrogens is 434 g/mol. The summed E-state index contributed by atoms with van der Waals surface area (Å²) in [6.45, 7) is -3.56. The highest BCUT2D eigenvalue weighted by molar-refractivity contribution is 7.90. The van der Waals surface area contributed by atoms with Crippen molar-refractivity contribution in [2.45, 2.75) is 18.3 Å². The number of nitrogens with two attached hydrogens (primary N) is 1. The lowest BCUT2D eigenvalue weighted by atomic mass is 10.0. The average Bonchev–Trinajstić information content (AvgIpc) is 2.71. The molecule has 12 heteroatoms. The first-order chi connectivity index (χ1) is 14.6. The Morgan fingerprint density at radius 3 is 2.58 bits per heavy atom. The van der Waals surface area contributed by atoms with Crippen LogP contribution in [0.5, 0.6) is 5.75 Å². The van der Waals surface area contributed by atoms with Gasteiger partial charge in [-0.15, -0.1) is 0 Å². The van der Waals surface area contributed by atoms with E-state index < -0.39 is 52.2 Å². The van der Waals surface area contributed by atoms with Gasteiger partial charge in [-0.25, -0.2) is 8.42 Å². The summed E-state index contributed by atoms with van der Waals surface area (Å²) >= 11 is 0. The van der Waals surface area contributed by atoms with Crippen LogP contribution in [-0.4, -0.2) is 44.1 Å². The molecule has 0 unspecified atom stereocenters. The minimum atomic E-state index is -4.11. The van der Waals surface area contributed by atoms with Gasteiger partial charge >= 0.3 is 6.61 Å². The van der Waals surface area contributed by atoms with Crippen LogP contribution in [-0.2, 0) is 20.4 Å². The number of alkyl halides is 2. The zero-order valence-corrected chi connectivity index (χ0v) is 16.8. The van der Waals surface area contributed by atoms with Gasteiger partial charge in [0.1, 0.15) is 12.3 Å². The molecule has 2 amide bonds. The number of aromatic nitrogens is 1. The molecule has 31 heavy (non-hydrogen) atoms. The predicted molar refractivity (Wildman–Crippen MR) is 105 cm³/mol. The lowest BCUT2D eigenvalue weighted by molar-refractivity contribution is -0.121. The number of carbonyl (C=O) groups is 2. The van der Waals surface area contributed by atoms with E-state index in [9.17, 15) is 26.8 Å². The summed E-state index contributed by atoms with van der Waals surface area (Å²) in [5.74, 6) is -5.09. The summed E-state index contributed by atoms with van der Waals surface area (Å²) in [4.78, 5) is 28.2. The smallest absolute Gasteiger partial charge is 0.387 e. The number of sulfone groups is 1. The number of halogens is 2. The minimum absolute atomic E-state index is 0.0323. The molecule has 0 fully saturated rings. The van der Waals surface area contributed by atoms with Crippen molar-refractivity contribution in [3.8, 4) is 11.8 Å². The summed E-state index contributed by atoms with van der Waals surface area (Å²) in [5, 5.41) is 10.9. The van der Waals surface area contributed by atoms with Crippen LogP contribution < -0.4 is 15.8 Å². The lowest BCUT2D eigenvalue weighted by Gasteiger charge is -2.18. The molecule has 0 saturated heterocycles. The Morgan fingerprint density at radius 1 is 1.23 bits per heavy atom. The van der Waals surface area contributed by atoms with Gasteiger partial charge < -0.3 is 15.8 Å². The third-order valence-electron chi connectivity index (χ3n) is 4.08. The predicted octanol–water partition coefficient (Wildman–Crippen LogP) is 1.12. The van der Waals surface area contributed by atoms with Gasteiger partial charge in [0.05, 0.1) is 34.8 Å². The number of nitrogens with zero attached hydrogens (tertiary/aromatic N) is 2. The first-order valence-electron chi connectivity index (χ1n) is 8.77. The topological polar surface area (TPSA) is 152 Å². The van der Waals surface area contributed by atoms with Crippen LogP contribution in [0.25, 0.3) is 0 Å². The molecule has 9 nitrogen and oxygen atoms in total. The van der Waals surface area contributed by atoms with Crippen LogP contribution >= 0.6 is 0 Å². The van der Waals surface area contributed by atoms with Gasteiger partial charge in [0.2, 0.25) is 5.91 Å². The van der Waals surface area contributed by atoms with Crippen molar-refractivity contribution < 1.29 is 31.5 Å². The Balaban J connectivity index is 2.40. The van der Waals surface area contributed by atoms with E-state index in [4.69, 9.17) is 11.0 Å². The largest absolute Gasteiger partial charge is 0.435 e. The van der Waals surface area contributed by atoms with Crippen molar-refractivity contribution in [3.05, 3.63) is 59.4 Å². The molecule has 0 radical (unpaired) electrons. The standard InChI is InChI=1S/C19H18F2N4O5S/c20-19(21)30-15-6-2-1-4-12(15)10-31(28,29)11-14(18(27)25-9-7-22)16-13(17(23)26)5-3-8-24-16/h1-6,8,14,19H,9-11H2,(H2,23,26)(H,25,27)/t14-/m1/s1. The molecule has 1 aromatic carbocycles.